The van der Waals surface area contributed by atoms with Crippen LogP contribution in [-0.4, -0.2) is 32.5 Å². The number of rotatable bonds is 5. The van der Waals surface area contributed by atoms with Crippen LogP contribution in [0.3, 0.4) is 0 Å². The molecule has 2 rings (SSSR count). The zero-order valence-electron chi connectivity index (χ0n) is 12.8. The molecule has 1 N–H and O–H groups in total. The summed E-state index contributed by atoms with van der Waals surface area (Å²) in [5.41, 5.74) is 0.627. The Bertz CT molecular complexity index is 826. The first-order chi connectivity index (χ1) is 10.7. The van der Waals surface area contributed by atoms with Crippen molar-refractivity contribution in [2.75, 3.05) is 19.0 Å². The van der Waals surface area contributed by atoms with Crippen molar-refractivity contribution in [2.45, 2.75) is 18.4 Å². The summed E-state index contributed by atoms with van der Waals surface area (Å²) in [5, 5.41) is 0.479. The van der Waals surface area contributed by atoms with Crippen LogP contribution in [0.25, 0.3) is 0 Å². The molecule has 124 valence electrons. The van der Waals surface area contributed by atoms with E-state index in [1.54, 1.807) is 24.1 Å². The molecule has 1 heterocycles. The number of hydrogen-bond donors (Lipinski definition) is 1. The second-order valence-electron chi connectivity index (χ2n) is 5.08. The largest absolute Gasteiger partial charge is 0.363 e. The third kappa shape index (κ3) is 4.32. The van der Waals surface area contributed by atoms with Crippen molar-refractivity contribution >= 4 is 39.0 Å². The molecule has 0 spiro atoms. The Morgan fingerprint density at radius 3 is 2.57 bits per heavy atom. The van der Waals surface area contributed by atoms with Gasteiger partial charge in [-0.05, 0) is 30.7 Å². The predicted octanol–water partition coefficient (Wildman–Crippen LogP) is 2.64. The Hall–Kier alpha value is -1.41. The molecule has 0 aliphatic heterocycles. The maximum Gasteiger partial charge on any atom is 0.242 e. The lowest BCUT2D eigenvalue weighted by molar-refractivity contribution is 0.579. The molecule has 6 nitrogen and oxygen atoms in total. The molecule has 1 aromatic heterocycles. The van der Waals surface area contributed by atoms with E-state index in [1.807, 2.05) is 14.1 Å². The molecule has 0 saturated heterocycles. The monoisotopic (exact) mass is 374 g/mol. The number of halogens is 2. The minimum absolute atomic E-state index is 0.0233. The fourth-order valence-electron chi connectivity index (χ4n) is 1.80. The second kappa shape index (κ2) is 7.00. The Kier molecular flexibility index (Phi) is 5.46. The molecule has 0 atom stereocenters. The van der Waals surface area contributed by atoms with Gasteiger partial charge in [0.25, 0.3) is 0 Å². The van der Waals surface area contributed by atoms with E-state index in [2.05, 4.69) is 14.7 Å². The summed E-state index contributed by atoms with van der Waals surface area (Å²) in [6.45, 7) is 1.67. The lowest BCUT2D eigenvalue weighted by Crippen LogP contribution is -2.25. The van der Waals surface area contributed by atoms with Crippen molar-refractivity contribution < 1.29 is 8.42 Å². The molecule has 1 aromatic carbocycles. The predicted molar refractivity (Wildman–Crippen MR) is 91.6 cm³/mol. The minimum Gasteiger partial charge on any atom is -0.363 e. The summed E-state index contributed by atoms with van der Waals surface area (Å²) in [4.78, 5) is 10.1. The zero-order chi connectivity index (χ0) is 17.2. The first-order valence-corrected chi connectivity index (χ1v) is 8.89. The Balaban J connectivity index is 2.23. The van der Waals surface area contributed by atoms with Crippen LogP contribution in [0.4, 0.5) is 5.82 Å². The van der Waals surface area contributed by atoms with E-state index in [9.17, 15) is 8.42 Å². The smallest absolute Gasteiger partial charge is 0.242 e. The third-order valence-electron chi connectivity index (χ3n) is 3.07. The van der Waals surface area contributed by atoms with Gasteiger partial charge >= 0.3 is 0 Å². The average molecular weight is 375 g/mol. The van der Waals surface area contributed by atoms with Gasteiger partial charge < -0.3 is 4.90 Å². The normalized spacial score (nSPS) is 11.5. The highest BCUT2D eigenvalue weighted by Crippen LogP contribution is 2.28. The van der Waals surface area contributed by atoms with Crippen LogP contribution in [0.5, 0.6) is 0 Å². The molecule has 0 fully saturated rings. The third-order valence-corrected chi connectivity index (χ3v) is 5.35. The van der Waals surface area contributed by atoms with Gasteiger partial charge in [0, 0.05) is 25.3 Å². The van der Waals surface area contributed by atoms with Gasteiger partial charge in [-0.1, -0.05) is 23.2 Å². The number of anilines is 1. The molecule has 0 amide bonds. The quantitative estimate of drug-likeness (QED) is 0.870. The number of aromatic nitrogens is 2. The van der Waals surface area contributed by atoms with E-state index >= 15 is 0 Å². The number of aryl methyl sites for hydroxylation is 1. The molecular formula is C14H16Cl2N4O2S. The fraction of sp³-hybridized carbons (Fsp3) is 0.286. The average Bonchev–Trinajstić information content (AvgIpc) is 2.49. The van der Waals surface area contributed by atoms with E-state index in [-0.39, 0.29) is 16.5 Å². The number of hydrogen-bond acceptors (Lipinski definition) is 5. The van der Waals surface area contributed by atoms with Gasteiger partial charge in [0.2, 0.25) is 10.0 Å². The van der Waals surface area contributed by atoms with Crippen LogP contribution in [0.2, 0.25) is 10.0 Å². The summed E-state index contributed by atoms with van der Waals surface area (Å²) < 4.78 is 27.3. The van der Waals surface area contributed by atoms with Crippen molar-refractivity contribution in [1.29, 1.82) is 0 Å². The molecule has 9 heteroatoms. The Morgan fingerprint density at radius 1 is 1.22 bits per heavy atom. The van der Waals surface area contributed by atoms with Gasteiger partial charge in [0.05, 0.1) is 11.6 Å². The molecule has 0 saturated carbocycles. The first-order valence-electron chi connectivity index (χ1n) is 6.65. The van der Waals surface area contributed by atoms with Crippen molar-refractivity contribution in [1.82, 2.24) is 14.7 Å². The minimum atomic E-state index is -3.80. The lowest BCUT2D eigenvalue weighted by atomic mass is 10.2. The summed E-state index contributed by atoms with van der Waals surface area (Å²) in [6.07, 6.45) is 1.57. The van der Waals surface area contributed by atoms with E-state index in [4.69, 9.17) is 23.2 Å². The molecule has 0 radical (unpaired) electrons. The summed E-state index contributed by atoms with van der Waals surface area (Å²) >= 11 is 11.9. The molecule has 2 aromatic rings. The van der Waals surface area contributed by atoms with Crippen molar-refractivity contribution in [2.24, 2.45) is 0 Å². The maximum atomic E-state index is 12.4. The summed E-state index contributed by atoms with van der Waals surface area (Å²) in [5.74, 6) is 1.05. The van der Waals surface area contributed by atoms with Crippen LogP contribution in [0, 0.1) is 6.92 Å². The van der Waals surface area contributed by atoms with E-state index in [0.717, 1.165) is 0 Å². The molecule has 0 bridgehead atoms. The lowest BCUT2D eigenvalue weighted by Gasteiger charge is -2.12. The number of sulfonamides is 1. The maximum absolute atomic E-state index is 12.4. The topological polar surface area (TPSA) is 75.2 Å². The Morgan fingerprint density at radius 2 is 1.91 bits per heavy atom. The van der Waals surface area contributed by atoms with Gasteiger partial charge in [-0.3, -0.25) is 0 Å². The molecule has 0 aliphatic rings. The number of benzene rings is 1. The van der Waals surface area contributed by atoms with Crippen LogP contribution >= 0.6 is 23.2 Å². The van der Waals surface area contributed by atoms with Crippen molar-refractivity contribution in [3.63, 3.8) is 0 Å². The number of nitrogens with one attached hydrogen (secondary N) is 1. The zero-order valence-corrected chi connectivity index (χ0v) is 15.2. The van der Waals surface area contributed by atoms with Gasteiger partial charge in [-0.15, -0.1) is 0 Å². The Labute approximate surface area is 145 Å². The highest BCUT2D eigenvalue weighted by Gasteiger charge is 2.19. The number of nitrogens with zero attached hydrogens (tertiary/aromatic N) is 3. The van der Waals surface area contributed by atoms with E-state index < -0.39 is 10.0 Å². The second-order valence-corrected chi connectivity index (χ2v) is 7.63. The van der Waals surface area contributed by atoms with Gasteiger partial charge in [0.1, 0.15) is 16.5 Å². The molecule has 0 unspecified atom stereocenters. The molecule has 23 heavy (non-hydrogen) atoms. The van der Waals surface area contributed by atoms with Crippen LogP contribution < -0.4 is 9.62 Å². The van der Waals surface area contributed by atoms with Gasteiger partial charge in [0.15, 0.2) is 0 Å². The van der Waals surface area contributed by atoms with Crippen molar-refractivity contribution in [3.05, 3.63) is 45.8 Å². The first kappa shape index (κ1) is 17.9. The van der Waals surface area contributed by atoms with Gasteiger partial charge in [-0.25, -0.2) is 23.1 Å². The fourth-order valence-corrected chi connectivity index (χ4v) is 3.61. The molecular weight excluding hydrogens is 359 g/mol. The van der Waals surface area contributed by atoms with Crippen LogP contribution in [-0.2, 0) is 16.6 Å². The van der Waals surface area contributed by atoms with Crippen LogP contribution in [0.15, 0.2) is 29.3 Å². The van der Waals surface area contributed by atoms with Crippen molar-refractivity contribution in [3.8, 4) is 0 Å². The SMILES string of the molecule is Cc1cc(S(=O)(=O)NCc2nccc(N(C)C)n2)c(Cl)cc1Cl. The van der Waals surface area contributed by atoms with E-state index in [0.29, 0.717) is 22.2 Å². The summed E-state index contributed by atoms with van der Waals surface area (Å²) in [7, 11) is -0.116. The van der Waals surface area contributed by atoms with Gasteiger partial charge in [-0.2, -0.15) is 0 Å². The summed E-state index contributed by atoms with van der Waals surface area (Å²) in [6, 6.07) is 4.58. The van der Waals surface area contributed by atoms with E-state index in [1.165, 1.54) is 12.1 Å². The molecule has 0 aliphatic carbocycles. The van der Waals surface area contributed by atoms with Crippen LogP contribution in [0.1, 0.15) is 11.4 Å². The highest BCUT2D eigenvalue weighted by molar-refractivity contribution is 7.89. The highest BCUT2D eigenvalue weighted by atomic mass is 35.5. The standard InChI is InChI=1S/C14H16Cl2N4O2S/c1-9-6-12(11(16)7-10(9)15)23(21,22)18-8-13-17-5-4-14(19-13)20(2)3/h4-7,18H,8H2,1-3H3.